The molecule has 1 N–H and O–H groups in total. The van der Waals surface area contributed by atoms with Crippen LogP contribution in [0.5, 0.6) is 0 Å². The van der Waals surface area contributed by atoms with E-state index in [9.17, 15) is 4.79 Å². The number of thioether (sulfide) groups is 2. The van der Waals surface area contributed by atoms with Gasteiger partial charge in [0, 0.05) is 11.2 Å². The van der Waals surface area contributed by atoms with E-state index in [1.54, 1.807) is 4.68 Å². The van der Waals surface area contributed by atoms with Crippen molar-refractivity contribution in [3.05, 3.63) is 51.1 Å². The predicted octanol–water partition coefficient (Wildman–Crippen LogP) is 5.50. The van der Waals surface area contributed by atoms with Crippen LogP contribution < -0.4 is 5.32 Å². The molecule has 1 aromatic carbocycles. The number of rotatable bonds is 6. The molecule has 0 fully saturated rings. The van der Waals surface area contributed by atoms with Gasteiger partial charge < -0.3 is 5.32 Å². The summed E-state index contributed by atoms with van der Waals surface area (Å²) in [7, 11) is 0. The normalized spacial score (nSPS) is 10.9. The molecule has 2 heterocycles. The highest BCUT2D eigenvalue weighted by atomic mass is 79.9. The molecular weight excluding hydrogens is 476 g/mol. The molecule has 0 aliphatic rings. The Balaban J connectivity index is 1.78. The Kier molecular flexibility index (Phi) is 6.68. The van der Waals surface area contributed by atoms with Crippen LogP contribution in [0.2, 0.25) is 5.02 Å². The summed E-state index contributed by atoms with van der Waals surface area (Å²) in [6.45, 7) is 0.581. The van der Waals surface area contributed by atoms with Gasteiger partial charge in [-0.2, -0.15) is 9.47 Å². The number of hydrogen-bond donors (Lipinski definition) is 1. The molecule has 3 rings (SSSR count). The first kappa shape index (κ1) is 19.8. The molecule has 2 aromatic heterocycles. The largest absolute Gasteiger partial charge is 0.304 e. The number of halogens is 2. The van der Waals surface area contributed by atoms with Crippen LogP contribution in [0, 0.1) is 0 Å². The van der Waals surface area contributed by atoms with Crippen LogP contribution in [0.25, 0.3) is 0 Å². The minimum Gasteiger partial charge on any atom is -0.304 e. The average Bonchev–Trinajstić information content (AvgIpc) is 3.20. The van der Waals surface area contributed by atoms with Crippen molar-refractivity contribution in [1.29, 1.82) is 0 Å². The van der Waals surface area contributed by atoms with Crippen molar-refractivity contribution in [1.82, 2.24) is 14.2 Å². The summed E-state index contributed by atoms with van der Waals surface area (Å²) in [5.74, 6) is 0.277. The predicted molar refractivity (Wildman–Crippen MR) is 114 cm³/mol. The second kappa shape index (κ2) is 8.79. The lowest BCUT2D eigenvalue weighted by Crippen LogP contribution is -2.14. The van der Waals surface area contributed by atoms with Gasteiger partial charge >= 0.3 is 0 Å². The highest BCUT2D eigenvalue weighted by molar-refractivity contribution is 9.10. The maximum atomic E-state index is 12.7. The van der Waals surface area contributed by atoms with Crippen LogP contribution in [0.3, 0.4) is 0 Å². The Morgan fingerprint density at radius 2 is 2.04 bits per heavy atom. The van der Waals surface area contributed by atoms with Crippen LogP contribution >= 0.6 is 62.6 Å². The zero-order valence-electron chi connectivity index (χ0n) is 13.8. The van der Waals surface area contributed by atoms with Crippen molar-refractivity contribution < 1.29 is 4.79 Å². The van der Waals surface area contributed by atoms with Crippen LogP contribution in [0.1, 0.15) is 15.9 Å². The van der Waals surface area contributed by atoms with Gasteiger partial charge in [-0.15, -0.1) is 23.5 Å². The standard InChI is InChI=1S/C16H14BrClN4OS3/c1-24-15-12(16(25-2)26-21-15)14(23)19-13-11(17)8-22(20-13)7-9-3-5-10(18)6-4-9/h3-6,8H,7H2,1-2H3,(H,19,20,23). The Labute approximate surface area is 177 Å². The lowest BCUT2D eigenvalue weighted by atomic mass is 10.2. The monoisotopic (exact) mass is 488 g/mol. The molecule has 1 amide bonds. The zero-order chi connectivity index (χ0) is 18.7. The fourth-order valence-corrected chi connectivity index (χ4v) is 5.06. The van der Waals surface area contributed by atoms with Gasteiger partial charge in [0.1, 0.15) is 5.03 Å². The number of nitrogens with one attached hydrogen (secondary N) is 1. The molecular formula is C16H14BrClN4OS3. The molecule has 0 saturated heterocycles. The molecule has 0 radical (unpaired) electrons. The van der Waals surface area contributed by atoms with E-state index in [1.165, 1.54) is 35.1 Å². The van der Waals surface area contributed by atoms with Crippen molar-refractivity contribution in [3.63, 3.8) is 0 Å². The van der Waals surface area contributed by atoms with Gasteiger partial charge in [-0.05, 0) is 57.7 Å². The average molecular weight is 490 g/mol. The molecule has 0 atom stereocenters. The summed E-state index contributed by atoms with van der Waals surface area (Å²) in [4.78, 5) is 12.7. The molecule has 136 valence electrons. The minimum atomic E-state index is -0.204. The Hall–Kier alpha value is -1.000. The van der Waals surface area contributed by atoms with Gasteiger partial charge in [-0.1, -0.05) is 23.7 Å². The van der Waals surface area contributed by atoms with Crippen LogP contribution in [0.4, 0.5) is 5.82 Å². The maximum absolute atomic E-state index is 12.7. The quantitative estimate of drug-likeness (QED) is 0.463. The number of anilines is 1. The Bertz CT molecular complexity index is 905. The summed E-state index contributed by atoms with van der Waals surface area (Å²) < 4.78 is 7.71. The number of carbonyl (C=O) groups is 1. The van der Waals surface area contributed by atoms with Gasteiger partial charge in [0.05, 0.1) is 20.8 Å². The Morgan fingerprint density at radius 1 is 1.31 bits per heavy atom. The molecule has 3 aromatic rings. The first-order chi connectivity index (χ1) is 12.5. The van der Waals surface area contributed by atoms with Gasteiger partial charge in [0.2, 0.25) is 0 Å². The molecule has 0 unspecified atom stereocenters. The van der Waals surface area contributed by atoms with Crippen molar-refractivity contribution in [3.8, 4) is 0 Å². The van der Waals surface area contributed by atoms with E-state index in [-0.39, 0.29) is 5.91 Å². The molecule has 0 aliphatic carbocycles. The molecule has 0 aliphatic heterocycles. The van der Waals surface area contributed by atoms with Crippen molar-refractivity contribution >= 4 is 74.3 Å². The third-order valence-electron chi connectivity index (χ3n) is 3.44. The SMILES string of the molecule is CSc1nsc(SC)c1C(=O)Nc1nn(Cc2ccc(Cl)cc2)cc1Br. The third kappa shape index (κ3) is 4.45. The Morgan fingerprint density at radius 3 is 2.69 bits per heavy atom. The second-order valence-electron chi connectivity index (χ2n) is 5.16. The summed E-state index contributed by atoms with van der Waals surface area (Å²) in [5.41, 5.74) is 1.67. The van der Waals surface area contributed by atoms with Crippen LogP contribution in [-0.2, 0) is 6.54 Å². The topological polar surface area (TPSA) is 59.8 Å². The molecule has 26 heavy (non-hydrogen) atoms. The van der Waals surface area contributed by atoms with E-state index in [2.05, 4.69) is 30.7 Å². The number of aromatic nitrogens is 3. The first-order valence-electron chi connectivity index (χ1n) is 7.38. The summed E-state index contributed by atoms with van der Waals surface area (Å²) in [6, 6.07) is 7.58. The first-order valence-corrected chi connectivity index (χ1v) is 11.8. The summed E-state index contributed by atoms with van der Waals surface area (Å²) in [5, 5.41) is 8.77. The van der Waals surface area contributed by atoms with Crippen molar-refractivity contribution in [2.24, 2.45) is 0 Å². The molecule has 5 nitrogen and oxygen atoms in total. The third-order valence-corrected chi connectivity index (χ3v) is 7.01. The fourth-order valence-electron chi connectivity index (χ4n) is 2.24. The van der Waals surface area contributed by atoms with E-state index < -0.39 is 0 Å². The summed E-state index contributed by atoms with van der Waals surface area (Å²) in [6.07, 6.45) is 5.68. The number of benzene rings is 1. The lowest BCUT2D eigenvalue weighted by molar-refractivity contribution is 0.102. The van der Waals surface area contributed by atoms with Crippen molar-refractivity contribution in [2.75, 3.05) is 17.8 Å². The van der Waals surface area contributed by atoms with E-state index in [4.69, 9.17) is 11.6 Å². The number of hydrogen-bond acceptors (Lipinski definition) is 6. The van der Waals surface area contributed by atoms with Gasteiger partial charge in [-0.25, -0.2) is 0 Å². The van der Waals surface area contributed by atoms with E-state index in [1.807, 2.05) is 43.0 Å². The van der Waals surface area contributed by atoms with Gasteiger partial charge in [0.15, 0.2) is 5.82 Å². The molecule has 10 heteroatoms. The van der Waals surface area contributed by atoms with E-state index >= 15 is 0 Å². The van der Waals surface area contributed by atoms with Gasteiger partial charge in [0.25, 0.3) is 5.91 Å². The van der Waals surface area contributed by atoms with E-state index in [0.717, 1.165) is 19.3 Å². The van der Waals surface area contributed by atoms with Crippen LogP contribution in [0.15, 0.2) is 44.2 Å². The zero-order valence-corrected chi connectivity index (χ0v) is 18.6. The lowest BCUT2D eigenvalue weighted by Gasteiger charge is -2.05. The number of nitrogens with zero attached hydrogens (tertiary/aromatic N) is 3. The number of amides is 1. The highest BCUT2D eigenvalue weighted by Gasteiger charge is 2.22. The summed E-state index contributed by atoms with van der Waals surface area (Å²) >= 11 is 13.7. The molecule has 0 bridgehead atoms. The van der Waals surface area contributed by atoms with E-state index in [0.29, 0.717) is 22.9 Å². The van der Waals surface area contributed by atoms with Gasteiger partial charge in [-0.3, -0.25) is 9.48 Å². The van der Waals surface area contributed by atoms with Crippen LogP contribution in [-0.4, -0.2) is 32.6 Å². The molecule has 0 saturated carbocycles. The minimum absolute atomic E-state index is 0.204. The second-order valence-corrected chi connectivity index (χ2v) is 9.10. The fraction of sp³-hybridized carbons (Fsp3) is 0.188. The maximum Gasteiger partial charge on any atom is 0.261 e. The smallest absolute Gasteiger partial charge is 0.261 e. The number of carbonyl (C=O) groups excluding carboxylic acids is 1. The molecule has 0 spiro atoms. The highest BCUT2D eigenvalue weighted by Crippen LogP contribution is 2.33. The van der Waals surface area contributed by atoms with Crippen molar-refractivity contribution in [2.45, 2.75) is 15.8 Å².